The molecule has 1 fully saturated rings. The van der Waals surface area contributed by atoms with Crippen molar-refractivity contribution in [3.8, 4) is 0 Å². The normalized spacial score (nSPS) is 19.6. The summed E-state index contributed by atoms with van der Waals surface area (Å²) in [5, 5.41) is 1.13. The van der Waals surface area contributed by atoms with Crippen molar-refractivity contribution < 1.29 is 13.2 Å². The molecule has 2 aromatic carbocycles. The van der Waals surface area contributed by atoms with Crippen molar-refractivity contribution in [1.29, 1.82) is 0 Å². The molecule has 0 bridgehead atoms. The van der Waals surface area contributed by atoms with Gasteiger partial charge in [-0.15, -0.1) is 0 Å². The van der Waals surface area contributed by atoms with Gasteiger partial charge in [-0.05, 0) is 29.7 Å². The molecule has 1 atom stereocenters. The van der Waals surface area contributed by atoms with Crippen LogP contribution in [0.25, 0.3) is 10.9 Å². The third-order valence-corrected chi connectivity index (χ3v) is 8.01. The van der Waals surface area contributed by atoms with E-state index in [1.807, 2.05) is 31.0 Å². The summed E-state index contributed by atoms with van der Waals surface area (Å²) in [6.07, 6.45) is 1.82. The summed E-state index contributed by atoms with van der Waals surface area (Å²) in [7, 11) is -3.65. The molecule has 0 radical (unpaired) electrons. The molecule has 0 spiro atoms. The lowest BCUT2D eigenvalue weighted by atomic mass is 10.0. The van der Waals surface area contributed by atoms with E-state index in [2.05, 4.69) is 43.9 Å². The minimum atomic E-state index is -3.65. The molecule has 3 aromatic rings. The van der Waals surface area contributed by atoms with Gasteiger partial charge in [-0.1, -0.05) is 50.2 Å². The Hall–Kier alpha value is -3.30. The number of hydrogen-bond donors (Lipinski definition) is 1. The average Bonchev–Trinajstić information content (AvgIpc) is 3.12. The van der Waals surface area contributed by atoms with Crippen molar-refractivity contribution in [2.45, 2.75) is 31.3 Å². The quantitative estimate of drug-likeness (QED) is 0.592. The Morgan fingerprint density at radius 1 is 1.03 bits per heavy atom. The fourth-order valence-electron chi connectivity index (χ4n) is 4.71. The van der Waals surface area contributed by atoms with Crippen molar-refractivity contribution in [1.82, 2.24) is 19.5 Å². The number of para-hydroxylation sites is 1. The number of benzene rings is 2. The molecule has 1 N–H and O–H groups in total. The van der Waals surface area contributed by atoms with E-state index in [-0.39, 0.29) is 22.6 Å². The Kier molecular flexibility index (Phi) is 6.29. The predicted molar refractivity (Wildman–Crippen MR) is 136 cm³/mol. The Balaban J connectivity index is 1.28. The van der Waals surface area contributed by atoms with Crippen molar-refractivity contribution in [3.63, 3.8) is 0 Å². The number of sulfonamides is 1. The number of nitrogens with zero attached hydrogens (tertiary/aromatic N) is 4. The molecule has 2 aliphatic heterocycles. The highest BCUT2D eigenvalue weighted by Gasteiger charge is 2.34. The number of carbonyl (C=O) groups excluding carboxylic acids is 1. The van der Waals surface area contributed by atoms with E-state index < -0.39 is 16.1 Å². The van der Waals surface area contributed by atoms with Gasteiger partial charge in [-0.3, -0.25) is 24.4 Å². The second-order valence-corrected chi connectivity index (χ2v) is 11.0. The minimum absolute atomic E-state index is 0.0671. The summed E-state index contributed by atoms with van der Waals surface area (Å²) >= 11 is 0. The van der Waals surface area contributed by atoms with Gasteiger partial charge in [0.1, 0.15) is 11.9 Å². The Morgan fingerprint density at radius 2 is 1.77 bits per heavy atom. The number of nitrogens with one attached hydrogen (secondary N) is 1. The molecule has 1 saturated heterocycles. The summed E-state index contributed by atoms with van der Waals surface area (Å²) < 4.78 is 27.4. The predicted octanol–water partition coefficient (Wildman–Crippen LogP) is 2.64. The largest absolute Gasteiger partial charge is 0.338 e. The Labute approximate surface area is 205 Å². The van der Waals surface area contributed by atoms with E-state index in [1.165, 1.54) is 5.56 Å². The molecular weight excluding hydrogens is 462 g/mol. The fourth-order valence-corrected chi connectivity index (χ4v) is 5.95. The SMILES string of the molecule is CC(C)[C@H](N=C1NS(=O)(=O)c2ccccc21)C(=O)N1CCN(Cc2cccc3cccnc23)CC1. The van der Waals surface area contributed by atoms with Crippen molar-refractivity contribution in [3.05, 3.63) is 71.9 Å². The number of piperazine rings is 1. The number of amides is 1. The smallest absolute Gasteiger partial charge is 0.263 e. The first-order valence-electron chi connectivity index (χ1n) is 11.9. The molecule has 1 aromatic heterocycles. The van der Waals surface area contributed by atoms with E-state index in [9.17, 15) is 13.2 Å². The van der Waals surface area contributed by atoms with E-state index in [0.29, 0.717) is 18.7 Å². The second-order valence-electron chi connectivity index (χ2n) is 9.36. The van der Waals surface area contributed by atoms with Crippen LogP contribution in [-0.4, -0.2) is 67.2 Å². The topological polar surface area (TPSA) is 95.0 Å². The van der Waals surface area contributed by atoms with Gasteiger partial charge >= 0.3 is 0 Å². The highest BCUT2D eigenvalue weighted by Crippen LogP contribution is 2.24. The van der Waals surface area contributed by atoms with E-state index in [0.717, 1.165) is 30.5 Å². The van der Waals surface area contributed by atoms with Gasteiger partial charge in [0.2, 0.25) is 5.91 Å². The summed E-state index contributed by atoms with van der Waals surface area (Å²) in [5.74, 6) is 0.101. The highest BCUT2D eigenvalue weighted by atomic mass is 32.2. The zero-order valence-electron chi connectivity index (χ0n) is 19.9. The molecule has 1 amide bonds. The van der Waals surface area contributed by atoms with Gasteiger partial charge < -0.3 is 4.90 Å². The second kappa shape index (κ2) is 9.39. The third kappa shape index (κ3) is 4.66. The van der Waals surface area contributed by atoms with Crippen LogP contribution in [0.5, 0.6) is 0 Å². The zero-order valence-corrected chi connectivity index (χ0v) is 20.7. The lowest BCUT2D eigenvalue weighted by Gasteiger charge is -2.36. The molecule has 0 unspecified atom stereocenters. The molecule has 0 aliphatic carbocycles. The molecule has 9 heteroatoms. The lowest BCUT2D eigenvalue weighted by Crippen LogP contribution is -2.51. The number of pyridine rings is 1. The van der Waals surface area contributed by atoms with Gasteiger partial charge in [0.05, 0.1) is 10.4 Å². The number of aliphatic imine (C=N–C) groups is 1. The zero-order chi connectivity index (χ0) is 24.6. The van der Waals surface area contributed by atoms with Gasteiger partial charge in [-0.25, -0.2) is 8.42 Å². The van der Waals surface area contributed by atoms with Crippen LogP contribution in [0.15, 0.2) is 70.7 Å². The Morgan fingerprint density at radius 3 is 2.54 bits per heavy atom. The van der Waals surface area contributed by atoms with Crippen LogP contribution in [0.4, 0.5) is 0 Å². The molecule has 0 saturated carbocycles. The maximum Gasteiger partial charge on any atom is 0.263 e. The van der Waals surface area contributed by atoms with Gasteiger partial charge in [0, 0.05) is 49.9 Å². The number of rotatable bonds is 5. The standard InChI is InChI=1S/C26H29N5O3S/c1-18(2)23(28-25-21-10-3-4-11-22(21)35(33,34)29-25)26(32)31-15-13-30(14-16-31)17-20-8-5-7-19-9-6-12-27-24(19)20/h3-12,18,23H,13-17H2,1-2H3,(H,28,29)/t23-/m0/s1. The van der Waals surface area contributed by atoms with Gasteiger partial charge in [-0.2, -0.15) is 0 Å². The van der Waals surface area contributed by atoms with Crippen LogP contribution in [0, 0.1) is 5.92 Å². The van der Waals surface area contributed by atoms with Crippen LogP contribution in [-0.2, 0) is 21.4 Å². The van der Waals surface area contributed by atoms with E-state index in [1.54, 1.807) is 24.3 Å². The summed E-state index contributed by atoms with van der Waals surface area (Å²) in [6.45, 7) is 7.38. The first-order chi connectivity index (χ1) is 16.8. The van der Waals surface area contributed by atoms with Crippen LogP contribution in [0.1, 0.15) is 25.0 Å². The summed E-state index contributed by atoms with van der Waals surface area (Å²) in [5.41, 5.74) is 2.71. The first-order valence-corrected chi connectivity index (χ1v) is 13.4. The van der Waals surface area contributed by atoms with Crippen molar-refractivity contribution >= 4 is 32.7 Å². The number of fused-ring (bicyclic) bond motifs is 2. The number of hydrogen-bond acceptors (Lipinski definition) is 6. The molecule has 182 valence electrons. The monoisotopic (exact) mass is 491 g/mol. The van der Waals surface area contributed by atoms with Gasteiger partial charge in [0.25, 0.3) is 10.0 Å². The Bertz CT molecular complexity index is 1390. The molecule has 2 aliphatic rings. The highest BCUT2D eigenvalue weighted by molar-refractivity contribution is 7.90. The van der Waals surface area contributed by atoms with Crippen LogP contribution >= 0.6 is 0 Å². The average molecular weight is 492 g/mol. The van der Waals surface area contributed by atoms with E-state index >= 15 is 0 Å². The maximum atomic E-state index is 13.5. The van der Waals surface area contributed by atoms with Crippen LogP contribution in [0.2, 0.25) is 0 Å². The number of aromatic nitrogens is 1. The lowest BCUT2D eigenvalue weighted by molar-refractivity contribution is -0.135. The minimum Gasteiger partial charge on any atom is -0.338 e. The van der Waals surface area contributed by atoms with Crippen molar-refractivity contribution in [2.24, 2.45) is 10.9 Å². The maximum absolute atomic E-state index is 13.5. The van der Waals surface area contributed by atoms with Crippen molar-refractivity contribution in [2.75, 3.05) is 26.2 Å². The molecule has 5 rings (SSSR count). The summed E-state index contributed by atoms with van der Waals surface area (Å²) in [6, 6.07) is 16.3. The third-order valence-electron chi connectivity index (χ3n) is 6.61. The summed E-state index contributed by atoms with van der Waals surface area (Å²) in [4.78, 5) is 27.0. The fraction of sp³-hybridized carbons (Fsp3) is 0.346. The first kappa shape index (κ1) is 23.4. The van der Waals surface area contributed by atoms with Gasteiger partial charge in [0.15, 0.2) is 0 Å². The number of carbonyl (C=O) groups is 1. The molecule has 3 heterocycles. The molecular formula is C26H29N5O3S. The van der Waals surface area contributed by atoms with Crippen LogP contribution in [0.3, 0.4) is 0 Å². The van der Waals surface area contributed by atoms with Crippen LogP contribution < -0.4 is 4.72 Å². The number of amidine groups is 1. The molecule has 35 heavy (non-hydrogen) atoms. The molecule has 8 nitrogen and oxygen atoms in total. The van der Waals surface area contributed by atoms with E-state index in [4.69, 9.17) is 0 Å².